The Hall–Kier alpha value is -2.13. The molecule has 0 aliphatic heterocycles. The molecule has 1 N–H and O–H groups in total. The van der Waals surface area contributed by atoms with Crippen molar-refractivity contribution < 1.29 is 14.3 Å². The maximum atomic E-state index is 11.7. The standard InChI is InChI=1S/C15H20N2O3/c1-11-5-6-12(7-8-16-10-18)9-13(11)17-14(19)20-15(2,3)4/h5-6,9H,7-8H2,1-4H3,(H,17,19). The number of carbonyl (C=O) groups excluding carboxylic acids is 2. The molecule has 0 bridgehead atoms. The van der Waals surface area contributed by atoms with Gasteiger partial charge in [0.1, 0.15) is 5.60 Å². The average molecular weight is 276 g/mol. The van der Waals surface area contributed by atoms with Crippen molar-refractivity contribution in [2.75, 3.05) is 11.9 Å². The van der Waals surface area contributed by atoms with E-state index in [2.05, 4.69) is 10.3 Å². The minimum atomic E-state index is -0.533. The summed E-state index contributed by atoms with van der Waals surface area (Å²) in [5, 5.41) is 2.73. The summed E-state index contributed by atoms with van der Waals surface area (Å²) < 4.78 is 5.22. The lowest BCUT2D eigenvalue weighted by atomic mass is 10.1. The van der Waals surface area contributed by atoms with Gasteiger partial charge in [-0.3, -0.25) is 5.32 Å². The number of nitrogens with one attached hydrogen (secondary N) is 1. The van der Waals surface area contributed by atoms with E-state index in [1.165, 1.54) is 6.08 Å². The molecule has 0 aliphatic carbocycles. The van der Waals surface area contributed by atoms with Crippen molar-refractivity contribution in [1.82, 2.24) is 0 Å². The van der Waals surface area contributed by atoms with Crippen molar-refractivity contribution in [1.29, 1.82) is 0 Å². The molecule has 20 heavy (non-hydrogen) atoms. The summed E-state index contributed by atoms with van der Waals surface area (Å²) in [4.78, 5) is 25.3. The smallest absolute Gasteiger partial charge is 0.412 e. The van der Waals surface area contributed by atoms with Crippen LogP contribution < -0.4 is 5.32 Å². The third-order valence-corrected chi connectivity index (χ3v) is 2.51. The first-order valence-electron chi connectivity index (χ1n) is 6.45. The Labute approximate surface area is 119 Å². The molecular formula is C15H20N2O3. The molecule has 0 saturated carbocycles. The van der Waals surface area contributed by atoms with Crippen LogP contribution in [0, 0.1) is 6.92 Å². The van der Waals surface area contributed by atoms with Gasteiger partial charge in [-0.05, 0) is 51.3 Å². The van der Waals surface area contributed by atoms with Crippen molar-refractivity contribution in [3.8, 4) is 0 Å². The van der Waals surface area contributed by atoms with Gasteiger partial charge in [-0.15, -0.1) is 0 Å². The van der Waals surface area contributed by atoms with E-state index in [-0.39, 0.29) is 0 Å². The number of benzene rings is 1. The number of hydrogen-bond donors (Lipinski definition) is 1. The number of carbonyl (C=O) groups is 1. The van der Waals surface area contributed by atoms with Gasteiger partial charge in [0.2, 0.25) is 6.08 Å². The third kappa shape index (κ3) is 5.67. The van der Waals surface area contributed by atoms with E-state index in [4.69, 9.17) is 4.74 Å². The third-order valence-electron chi connectivity index (χ3n) is 2.51. The minimum Gasteiger partial charge on any atom is -0.444 e. The molecule has 0 spiro atoms. The fourth-order valence-electron chi connectivity index (χ4n) is 1.60. The molecule has 1 amide bonds. The predicted octanol–water partition coefficient (Wildman–Crippen LogP) is 3.22. The van der Waals surface area contributed by atoms with E-state index in [0.717, 1.165) is 11.1 Å². The van der Waals surface area contributed by atoms with Gasteiger partial charge in [0.05, 0.1) is 6.54 Å². The second-order valence-corrected chi connectivity index (χ2v) is 5.50. The van der Waals surface area contributed by atoms with Gasteiger partial charge in [-0.25, -0.2) is 14.6 Å². The van der Waals surface area contributed by atoms with Gasteiger partial charge in [-0.1, -0.05) is 12.1 Å². The molecule has 108 valence electrons. The van der Waals surface area contributed by atoms with Crippen LogP contribution in [-0.4, -0.2) is 24.3 Å². The van der Waals surface area contributed by atoms with Crippen LogP contribution in [-0.2, 0) is 16.0 Å². The van der Waals surface area contributed by atoms with Crippen LogP contribution in [0.15, 0.2) is 23.2 Å². The number of rotatable bonds is 4. The van der Waals surface area contributed by atoms with Crippen molar-refractivity contribution >= 4 is 17.9 Å². The van der Waals surface area contributed by atoms with Crippen LogP contribution in [0.5, 0.6) is 0 Å². The Balaban J connectivity index is 2.76. The molecule has 0 aromatic heterocycles. The lowest BCUT2D eigenvalue weighted by Gasteiger charge is -2.20. The first kappa shape index (κ1) is 15.9. The molecule has 1 aromatic rings. The summed E-state index contributed by atoms with van der Waals surface area (Å²) in [5.74, 6) is 0. The first-order chi connectivity index (χ1) is 9.31. The fourth-order valence-corrected chi connectivity index (χ4v) is 1.60. The zero-order valence-electron chi connectivity index (χ0n) is 12.3. The van der Waals surface area contributed by atoms with Crippen LogP contribution >= 0.6 is 0 Å². The molecule has 0 heterocycles. The highest BCUT2D eigenvalue weighted by Crippen LogP contribution is 2.18. The van der Waals surface area contributed by atoms with Gasteiger partial charge >= 0.3 is 6.09 Å². The molecule has 1 aromatic carbocycles. The lowest BCUT2D eigenvalue weighted by molar-refractivity contribution is 0.0636. The van der Waals surface area contributed by atoms with Crippen LogP contribution in [0.2, 0.25) is 0 Å². The first-order valence-corrected chi connectivity index (χ1v) is 6.45. The van der Waals surface area contributed by atoms with Crippen LogP contribution in [0.1, 0.15) is 31.9 Å². The molecule has 1 rings (SSSR count). The van der Waals surface area contributed by atoms with E-state index in [0.29, 0.717) is 18.7 Å². The number of hydrogen-bond acceptors (Lipinski definition) is 4. The summed E-state index contributed by atoms with van der Waals surface area (Å²) in [7, 11) is 0. The van der Waals surface area contributed by atoms with Gasteiger partial charge in [0.15, 0.2) is 0 Å². The predicted molar refractivity (Wildman–Crippen MR) is 77.7 cm³/mol. The van der Waals surface area contributed by atoms with E-state index >= 15 is 0 Å². The molecular weight excluding hydrogens is 256 g/mol. The van der Waals surface area contributed by atoms with Gasteiger partial charge in [-0.2, -0.15) is 0 Å². The number of anilines is 1. The SMILES string of the molecule is Cc1ccc(CCN=C=O)cc1NC(=O)OC(C)(C)C. The summed E-state index contributed by atoms with van der Waals surface area (Å²) in [6.45, 7) is 7.73. The summed E-state index contributed by atoms with van der Waals surface area (Å²) in [5.41, 5.74) is 2.10. The Morgan fingerprint density at radius 2 is 2.10 bits per heavy atom. The van der Waals surface area contributed by atoms with E-state index in [1.54, 1.807) is 0 Å². The Morgan fingerprint density at radius 3 is 2.70 bits per heavy atom. The molecule has 0 unspecified atom stereocenters. The number of aryl methyl sites for hydroxylation is 1. The molecule has 0 fully saturated rings. The minimum absolute atomic E-state index is 0.387. The lowest BCUT2D eigenvalue weighted by Crippen LogP contribution is -2.27. The molecule has 0 aliphatic rings. The van der Waals surface area contributed by atoms with E-state index in [1.807, 2.05) is 45.9 Å². The number of nitrogens with zero attached hydrogens (tertiary/aromatic N) is 1. The number of amides is 1. The molecule has 0 atom stereocenters. The normalized spacial score (nSPS) is 10.6. The Kier molecular flexibility index (Phi) is 5.47. The summed E-state index contributed by atoms with van der Waals surface area (Å²) in [6.07, 6.45) is 1.65. The Bertz CT molecular complexity index is 526. The summed E-state index contributed by atoms with van der Waals surface area (Å²) >= 11 is 0. The summed E-state index contributed by atoms with van der Waals surface area (Å²) in [6, 6.07) is 5.71. The van der Waals surface area contributed by atoms with Crippen molar-refractivity contribution in [2.45, 2.75) is 39.7 Å². The Morgan fingerprint density at radius 1 is 1.40 bits per heavy atom. The second-order valence-electron chi connectivity index (χ2n) is 5.50. The maximum Gasteiger partial charge on any atom is 0.412 e. The van der Waals surface area contributed by atoms with Crippen molar-refractivity contribution in [3.63, 3.8) is 0 Å². The van der Waals surface area contributed by atoms with Crippen LogP contribution in [0.25, 0.3) is 0 Å². The van der Waals surface area contributed by atoms with Crippen LogP contribution in [0.4, 0.5) is 10.5 Å². The number of isocyanates is 1. The highest BCUT2D eigenvalue weighted by atomic mass is 16.6. The van der Waals surface area contributed by atoms with E-state index < -0.39 is 11.7 Å². The highest BCUT2D eigenvalue weighted by molar-refractivity contribution is 5.86. The van der Waals surface area contributed by atoms with Gasteiger partial charge < -0.3 is 4.74 Å². The highest BCUT2D eigenvalue weighted by Gasteiger charge is 2.16. The topological polar surface area (TPSA) is 67.8 Å². The van der Waals surface area contributed by atoms with Gasteiger partial charge in [0.25, 0.3) is 0 Å². The van der Waals surface area contributed by atoms with E-state index in [9.17, 15) is 9.59 Å². The molecule has 0 saturated heterocycles. The molecule has 5 heteroatoms. The van der Waals surface area contributed by atoms with Crippen molar-refractivity contribution in [2.24, 2.45) is 4.99 Å². The monoisotopic (exact) mass is 276 g/mol. The quantitative estimate of drug-likeness (QED) is 0.678. The second kappa shape index (κ2) is 6.87. The van der Waals surface area contributed by atoms with Crippen LogP contribution in [0.3, 0.4) is 0 Å². The van der Waals surface area contributed by atoms with Crippen molar-refractivity contribution in [3.05, 3.63) is 29.3 Å². The molecule has 5 nitrogen and oxygen atoms in total. The average Bonchev–Trinajstić information content (AvgIpc) is 2.31. The maximum absolute atomic E-state index is 11.7. The fraction of sp³-hybridized carbons (Fsp3) is 0.467. The number of aliphatic imine (C=N–C) groups is 1. The molecule has 0 radical (unpaired) electrons. The zero-order valence-corrected chi connectivity index (χ0v) is 12.3. The van der Waals surface area contributed by atoms with Gasteiger partial charge in [0, 0.05) is 5.69 Å². The largest absolute Gasteiger partial charge is 0.444 e. The zero-order chi connectivity index (χ0) is 15.2. The number of ether oxygens (including phenoxy) is 1.